The highest BCUT2D eigenvalue weighted by Gasteiger charge is 2.19. The molecule has 1 fully saturated rings. The molecule has 0 spiro atoms. The summed E-state index contributed by atoms with van der Waals surface area (Å²) in [6.45, 7) is 1.55. The zero-order valence-electron chi connectivity index (χ0n) is 9.47. The fourth-order valence-electron chi connectivity index (χ4n) is 2.16. The van der Waals surface area contributed by atoms with Crippen LogP contribution in [0.15, 0.2) is 18.5 Å². The maximum Gasteiger partial charge on any atom is 0.135 e. The smallest absolute Gasteiger partial charge is 0.135 e. The summed E-state index contributed by atoms with van der Waals surface area (Å²) in [7, 11) is 0. The van der Waals surface area contributed by atoms with Crippen molar-refractivity contribution >= 4 is 16.7 Å². The number of fused-ring (bicyclic) bond motifs is 1. The van der Waals surface area contributed by atoms with E-state index < -0.39 is 0 Å². The van der Waals surface area contributed by atoms with Crippen LogP contribution in [0.25, 0.3) is 10.9 Å². The Morgan fingerprint density at radius 3 is 2.88 bits per heavy atom. The van der Waals surface area contributed by atoms with Crippen molar-refractivity contribution in [2.24, 2.45) is 0 Å². The van der Waals surface area contributed by atoms with Gasteiger partial charge in [0.05, 0.1) is 11.7 Å². The molecule has 17 heavy (non-hydrogen) atoms. The minimum Gasteiger partial charge on any atom is -0.383 e. The topological polar surface area (TPSA) is 73.9 Å². The molecule has 2 aromatic heterocycles. The molecule has 88 valence electrons. The molecule has 0 aromatic carbocycles. The Bertz CT molecular complexity index is 537. The Balaban J connectivity index is 2.05. The van der Waals surface area contributed by atoms with E-state index in [-0.39, 0.29) is 0 Å². The van der Waals surface area contributed by atoms with E-state index in [0.29, 0.717) is 11.7 Å². The van der Waals surface area contributed by atoms with Crippen LogP contribution in [-0.4, -0.2) is 28.2 Å². The van der Waals surface area contributed by atoms with Gasteiger partial charge in [-0.2, -0.15) is 0 Å². The average Bonchev–Trinajstić information content (AvgIpc) is 2.40. The largest absolute Gasteiger partial charge is 0.383 e. The van der Waals surface area contributed by atoms with Crippen LogP contribution in [0.1, 0.15) is 24.6 Å². The number of ether oxygens (including phenoxy) is 1. The SMILES string of the molecule is Nc1nc(C2CCOCC2)nc2cnccc12. The minimum absolute atomic E-state index is 0.357. The highest BCUT2D eigenvalue weighted by molar-refractivity contribution is 5.87. The first-order valence-corrected chi connectivity index (χ1v) is 5.79. The standard InChI is InChI=1S/C12H14N4O/c13-11-9-1-4-14-7-10(9)15-12(16-11)8-2-5-17-6-3-8/h1,4,7-8H,2-3,5-6H2,(H2,13,15,16). The summed E-state index contributed by atoms with van der Waals surface area (Å²) in [5.41, 5.74) is 6.77. The van der Waals surface area contributed by atoms with E-state index >= 15 is 0 Å². The van der Waals surface area contributed by atoms with Crippen molar-refractivity contribution in [3.63, 3.8) is 0 Å². The van der Waals surface area contributed by atoms with Crippen molar-refractivity contribution in [3.8, 4) is 0 Å². The summed E-state index contributed by atoms with van der Waals surface area (Å²) < 4.78 is 5.34. The van der Waals surface area contributed by atoms with Gasteiger partial charge >= 0.3 is 0 Å². The van der Waals surface area contributed by atoms with Crippen LogP contribution in [0.5, 0.6) is 0 Å². The minimum atomic E-state index is 0.357. The molecule has 0 unspecified atom stereocenters. The molecule has 5 nitrogen and oxygen atoms in total. The van der Waals surface area contributed by atoms with Gasteiger partial charge < -0.3 is 10.5 Å². The summed E-state index contributed by atoms with van der Waals surface area (Å²) in [5.74, 6) is 1.72. The van der Waals surface area contributed by atoms with Crippen molar-refractivity contribution in [1.29, 1.82) is 0 Å². The van der Waals surface area contributed by atoms with Gasteiger partial charge in [0.1, 0.15) is 11.6 Å². The molecule has 0 aliphatic carbocycles. The van der Waals surface area contributed by atoms with Crippen molar-refractivity contribution in [1.82, 2.24) is 15.0 Å². The molecule has 0 bridgehead atoms. The number of aromatic nitrogens is 3. The Morgan fingerprint density at radius 2 is 2.06 bits per heavy atom. The maximum atomic E-state index is 5.95. The molecular formula is C12H14N4O. The Kier molecular flexibility index (Phi) is 2.60. The van der Waals surface area contributed by atoms with Crippen LogP contribution < -0.4 is 5.73 Å². The summed E-state index contributed by atoms with van der Waals surface area (Å²) in [5, 5.41) is 0.871. The number of nitrogens with zero attached hydrogens (tertiary/aromatic N) is 3. The number of hydrogen-bond acceptors (Lipinski definition) is 5. The molecule has 0 radical (unpaired) electrons. The van der Waals surface area contributed by atoms with Gasteiger partial charge in [0.15, 0.2) is 0 Å². The zero-order valence-corrected chi connectivity index (χ0v) is 9.47. The second kappa shape index (κ2) is 4.25. The molecule has 5 heteroatoms. The zero-order chi connectivity index (χ0) is 11.7. The van der Waals surface area contributed by atoms with E-state index in [1.807, 2.05) is 6.07 Å². The van der Waals surface area contributed by atoms with E-state index in [9.17, 15) is 0 Å². The van der Waals surface area contributed by atoms with Crippen LogP contribution in [0.3, 0.4) is 0 Å². The van der Waals surface area contributed by atoms with Gasteiger partial charge in [-0.3, -0.25) is 4.98 Å². The molecule has 3 heterocycles. The molecular weight excluding hydrogens is 216 g/mol. The maximum absolute atomic E-state index is 5.95. The summed E-state index contributed by atoms with van der Waals surface area (Å²) >= 11 is 0. The Labute approximate surface area is 99.0 Å². The molecule has 1 saturated heterocycles. The average molecular weight is 230 g/mol. The van der Waals surface area contributed by atoms with Gasteiger partial charge in [-0.1, -0.05) is 0 Å². The normalized spacial score (nSPS) is 17.4. The van der Waals surface area contributed by atoms with Crippen LogP contribution in [0.2, 0.25) is 0 Å². The number of nitrogen functional groups attached to an aromatic ring is 1. The number of rotatable bonds is 1. The second-order valence-electron chi connectivity index (χ2n) is 4.25. The first-order valence-electron chi connectivity index (χ1n) is 5.79. The van der Waals surface area contributed by atoms with Crippen LogP contribution in [0.4, 0.5) is 5.82 Å². The highest BCUT2D eigenvalue weighted by atomic mass is 16.5. The third-order valence-corrected chi connectivity index (χ3v) is 3.13. The summed E-state index contributed by atoms with van der Waals surface area (Å²) in [4.78, 5) is 13.0. The fraction of sp³-hybridized carbons (Fsp3) is 0.417. The molecule has 3 rings (SSSR count). The number of pyridine rings is 1. The molecule has 2 N–H and O–H groups in total. The van der Waals surface area contributed by atoms with Gasteiger partial charge in [0.2, 0.25) is 0 Å². The summed E-state index contributed by atoms with van der Waals surface area (Å²) in [6.07, 6.45) is 5.36. The third-order valence-electron chi connectivity index (χ3n) is 3.13. The number of hydrogen-bond donors (Lipinski definition) is 1. The molecule has 1 aliphatic rings. The predicted octanol–water partition coefficient (Wildman–Crippen LogP) is 1.50. The molecule has 2 aromatic rings. The van der Waals surface area contributed by atoms with Gasteiger partial charge in [0, 0.05) is 30.7 Å². The number of nitrogens with two attached hydrogens (primary N) is 1. The van der Waals surface area contributed by atoms with E-state index in [0.717, 1.165) is 42.8 Å². The molecule has 0 amide bonds. The lowest BCUT2D eigenvalue weighted by Crippen LogP contribution is -2.17. The van der Waals surface area contributed by atoms with Crippen molar-refractivity contribution in [3.05, 3.63) is 24.3 Å². The fourth-order valence-corrected chi connectivity index (χ4v) is 2.16. The third kappa shape index (κ3) is 1.93. The lowest BCUT2D eigenvalue weighted by molar-refractivity contribution is 0.0837. The predicted molar refractivity (Wildman–Crippen MR) is 64.5 cm³/mol. The quantitative estimate of drug-likeness (QED) is 0.803. The van der Waals surface area contributed by atoms with Crippen molar-refractivity contribution in [2.75, 3.05) is 18.9 Å². The van der Waals surface area contributed by atoms with Gasteiger partial charge in [-0.25, -0.2) is 9.97 Å². The molecule has 1 aliphatic heterocycles. The second-order valence-corrected chi connectivity index (χ2v) is 4.25. The highest BCUT2D eigenvalue weighted by Crippen LogP contribution is 2.26. The van der Waals surface area contributed by atoms with Gasteiger partial charge in [0.25, 0.3) is 0 Å². The molecule has 0 atom stereocenters. The van der Waals surface area contributed by atoms with E-state index in [1.165, 1.54) is 0 Å². The first kappa shape index (κ1) is 10.4. The molecule has 0 saturated carbocycles. The van der Waals surface area contributed by atoms with E-state index in [4.69, 9.17) is 10.5 Å². The van der Waals surface area contributed by atoms with Crippen LogP contribution in [-0.2, 0) is 4.74 Å². The Hall–Kier alpha value is -1.75. The number of anilines is 1. The Morgan fingerprint density at radius 1 is 1.24 bits per heavy atom. The van der Waals surface area contributed by atoms with E-state index in [1.54, 1.807) is 12.4 Å². The van der Waals surface area contributed by atoms with Crippen LogP contribution in [0, 0.1) is 0 Å². The van der Waals surface area contributed by atoms with Crippen molar-refractivity contribution < 1.29 is 4.74 Å². The van der Waals surface area contributed by atoms with Crippen LogP contribution >= 0.6 is 0 Å². The van der Waals surface area contributed by atoms with Crippen molar-refractivity contribution in [2.45, 2.75) is 18.8 Å². The van der Waals surface area contributed by atoms with Gasteiger partial charge in [-0.15, -0.1) is 0 Å². The first-order chi connectivity index (χ1) is 8.34. The van der Waals surface area contributed by atoms with E-state index in [2.05, 4.69) is 15.0 Å². The lowest BCUT2D eigenvalue weighted by atomic mass is 9.99. The monoisotopic (exact) mass is 230 g/mol. The van der Waals surface area contributed by atoms with Gasteiger partial charge in [-0.05, 0) is 18.9 Å². The summed E-state index contributed by atoms with van der Waals surface area (Å²) in [6, 6.07) is 1.85. The lowest BCUT2D eigenvalue weighted by Gasteiger charge is -2.21.